The highest BCUT2D eigenvalue weighted by molar-refractivity contribution is 7.80. The molecule has 18 heavy (non-hydrogen) atoms. The third-order valence-electron chi connectivity index (χ3n) is 2.98. The summed E-state index contributed by atoms with van der Waals surface area (Å²) in [5, 5.41) is 6.64. The van der Waals surface area contributed by atoms with Gasteiger partial charge in [0.15, 0.2) is 5.11 Å². The first-order valence-electron chi connectivity index (χ1n) is 6.03. The van der Waals surface area contributed by atoms with Crippen LogP contribution in [0.5, 0.6) is 0 Å². The number of hydrogen-bond donors (Lipinski definition) is 3. The van der Waals surface area contributed by atoms with Crippen molar-refractivity contribution in [3.8, 4) is 0 Å². The second-order valence-electron chi connectivity index (χ2n) is 4.52. The van der Waals surface area contributed by atoms with Gasteiger partial charge in [-0.1, -0.05) is 11.6 Å². The molecule has 1 heterocycles. The van der Waals surface area contributed by atoms with E-state index in [0.717, 1.165) is 36.9 Å². The van der Waals surface area contributed by atoms with Crippen molar-refractivity contribution in [1.82, 2.24) is 10.4 Å². The molecule has 0 spiro atoms. The second kappa shape index (κ2) is 6.33. The van der Waals surface area contributed by atoms with Crippen LogP contribution >= 0.6 is 23.8 Å². The number of likely N-dealkylation sites (N-methyl/N-ethyl adjacent to an activating group) is 1. The number of thiocarbonyl (C=S) groups is 1. The van der Waals surface area contributed by atoms with Crippen LogP contribution in [0, 0.1) is 0 Å². The van der Waals surface area contributed by atoms with Crippen LogP contribution in [0.3, 0.4) is 0 Å². The first-order chi connectivity index (χ1) is 8.63. The quantitative estimate of drug-likeness (QED) is 0.686. The average molecular weight is 286 g/mol. The second-order valence-corrected chi connectivity index (χ2v) is 5.36. The van der Waals surface area contributed by atoms with Gasteiger partial charge in [0.25, 0.3) is 0 Å². The number of hydrogen-bond acceptors (Lipinski definition) is 2. The Morgan fingerprint density at radius 2 is 1.89 bits per heavy atom. The molecular weight excluding hydrogens is 268 g/mol. The average Bonchev–Trinajstić information content (AvgIpc) is 2.35. The van der Waals surface area contributed by atoms with Crippen molar-refractivity contribution in [2.24, 2.45) is 0 Å². The van der Waals surface area contributed by atoms with E-state index < -0.39 is 0 Å². The molecule has 1 aromatic carbocycles. The Hall–Kier alpha value is -0.880. The molecule has 0 bridgehead atoms. The molecule has 2 rings (SSSR count). The zero-order valence-corrected chi connectivity index (χ0v) is 11.9. The van der Waals surface area contributed by atoms with Gasteiger partial charge in [-0.15, -0.1) is 0 Å². The lowest BCUT2D eigenvalue weighted by molar-refractivity contribution is -0.884. The molecule has 0 amide bonds. The summed E-state index contributed by atoms with van der Waals surface area (Å²) in [4.78, 5) is 1.56. The van der Waals surface area contributed by atoms with Crippen LogP contribution in [0.15, 0.2) is 24.3 Å². The molecule has 3 N–H and O–H groups in total. The fourth-order valence-corrected chi connectivity index (χ4v) is 2.21. The summed E-state index contributed by atoms with van der Waals surface area (Å²) in [6.45, 7) is 4.29. The van der Waals surface area contributed by atoms with Crippen LogP contribution in [0.2, 0.25) is 5.02 Å². The Balaban J connectivity index is 1.80. The van der Waals surface area contributed by atoms with Gasteiger partial charge >= 0.3 is 0 Å². The van der Waals surface area contributed by atoms with Gasteiger partial charge in [-0.2, -0.15) is 0 Å². The molecule has 1 aliphatic heterocycles. The predicted octanol–water partition coefficient (Wildman–Crippen LogP) is 0.372. The molecule has 0 unspecified atom stereocenters. The predicted molar refractivity (Wildman–Crippen MR) is 79.0 cm³/mol. The fourth-order valence-electron chi connectivity index (χ4n) is 1.84. The molecular formula is C12H18ClN4S+. The van der Waals surface area contributed by atoms with Crippen LogP contribution in [0.25, 0.3) is 0 Å². The lowest BCUT2D eigenvalue weighted by Crippen LogP contribution is -3.12. The molecule has 0 atom stereocenters. The number of nitrogens with one attached hydrogen (secondary N) is 3. The molecule has 1 saturated heterocycles. The summed E-state index contributed by atoms with van der Waals surface area (Å²) < 4.78 is 0. The van der Waals surface area contributed by atoms with Gasteiger partial charge in [0, 0.05) is 10.7 Å². The van der Waals surface area contributed by atoms with Gasteiger partial charge in [-0.3, -0.25) is 5.43 Å². The number of halogens is 1. The summed E-state index contributed by atoms with van der Waals surface area (Å²) >= 11 is 11.1. The maximum Gasteiger partial charge on any atom is 0.185 e. The van der Waals surface area contributed by atoms with Crippen LogP contribution < -0.4 is 15.6 Å². The molecule has 0 saturated carbocycles. The molecule has 1 aliphatic rings. The Bertz CT molecular complexity index is 401. The van der Waals surface area contributed by atoms with Gasteiger partial charge in [-0.05, 0) is 36.5 Å². The Kier molecular flexibility index (Phi) is 4.77. The lowest BCUT2D eigenvalue weighted by Gasteiger charge is -2.30. The van der Waals surface area contributed by atoms with Gasteiger partial charge in [0.1, 0.15) is 0 Å². The van der Waals surface area contributed by atoms with Crippen molar-refractivity contribution in [3.63, 3.8) is 0 Å². The maximum atomic E-state index is 5.83. The Morgan fingerprint density at radius 1 is 1.28 bits per heavy atom. The van der Waals surface area contributed by atoms with E-state index in [-0.39, 0.29) is 0 Å². The molecule has 6 heteroatoms. The number of nitrogens with zero attached hydrogens (tertiary/aromatic N) is 1. The summed E-state index contributed by atoms with van der Waals surface area (Å²) in [5.74, 6) is 0. The van der Waals surface area contributed by atoms with Crippen LogP contribution in [0.1, 0.15) is 0 Å². The highest BCUT2D eigenvalue weighted by atomic mass is 35.5. The van der Waals surface area contributed by atoms with Crippen molar-refractivity contribution >= 4 is 34.6 Å². The van der Waals surface area contributed by atoms with E-state index >= 15 is 0 Å². The highest BCUT2D eigenvalue weighted by Crippen LogP contribution is 2.13. The lowest BCUT2D eigenvalue weighted by atomic mass is 10.3. The molecule has 1 fully saturated rings. The SMILES string of the molecule is C[NH+]1CCN(NC(=S)Nc2ccc(Cl)cc2)CC1. The molecule has 1 aromatic rings. The van der Waals surface area contributed by atoms with Crippen molar-refractivity contribution in [2.45, 2.75) is 0 Å². The van der Waals surface area contributed by atoms with E-state index in [1.165, 1.54) is 0 Å². The zero-order valence-electron chi connectivity index (χ0n) is 10.4. The molecule has 0 radical (unpaired) electrons. The number of rotatable bonds is 2. The monoisotopic (exact) mass is 285 g/mol. The van der Waals surface area contributed by atoms with Crippen molar-refractivity contribution in [2.75, 3.05) is 38.5 Å². The number of benzene rings is 1. The molecule has 4 nitrogen and oxygen atoms in total. The maximum absolute atomic E-state index is 5.83. The van der Waals surface area contributed by atoms with Crippen molar-refractivity contribution < 1.29 is 4.90 Å². The minimum Gasteiger partial charge on any atom is -0.335 e. The van der Waals surface area contributed by atoms with E-state index in [4.69, 9.17) is 23.8 Å². The van der Waals surface area contributed by atoms with Crippen molar-refractivity contribution in [3.05, 3.63) is 29.3 Å². The normalized spacial score (nSPS) is 17.4. The van der Waals surface area contributed by atoms with E-state index in [9.17, 15) is 0 Å². The Morgan fingerprint density at radius 3 is 2.50 bits per heavy atom. The molecule has 98 valence electrons. The summed E-state index contributed by atoms with van der Waals surface area (Å²) in [5.41, 5.74) is 4.15. The molecule has 0 aromatic heterocycles. The zero-order chi connectivity index (χ0) is 13.0. The fraction of sp³-hybridized carbons (Fsp3) is 0.417. The van der Waals surface area contributed by atoms with E-state index in [1.54, 1.807) is 4.90 Å². The third kappa shape index (κ3) is 4.10. The van der Waals surface area contributed by atoms with Gasteiger partial charge in [0.2, 0.25) is 0 Å². The van der Waals surface area contributed by atoms with Crippen LogP contribution in [0.4, 0.5) is 5.69 Å². The third-order valence-corrected chi connectivity index (χ3v) is 3.42. The van der Waals surface area contributed by atoms with E-state index in [0.29, 0.717) is 5.11 Å². The summed E-state index contributed by atoms with van der Waals surface area (Å²) in [6.07, 6.45) is 0. The topological polar surface area (TPSA) is 31.7 Å². The highest BCUT2D eigenvalue weighted by Gasteiger charge is 2.16. The molecule has 0 aliphatic carbocycles. The van der Waals surface area contributed by atoms with Gasteiger partial charge < -0.3 is 10.2 Å². The first-order valence-corrected chi connectivity index (χ1v) is 6.81. The van der Waals surface area contributed by atoms with Crippen LogP contribution in [-0.4, -0.2) is 43.3 Å². The number of piperazine rings is 1. The first kappa shape index (κ1) is 13.5. The Labute approximate surface area is 118 Å². The minimum absolute atomic E-state index is 0.622. The van der Waals surface area contributed by atoms with Crippen LogP contribution in [-0.2, 0) is 0 Å². The largest absolute Gasteiger partial charge is 0.335 e. The number of hydrazine groups is 1. The number of quaternary nitrogens is 1. The van der Waals surface area contributed by atoms with Gasteiger partial charge in [-0.25, -0.2) is 5.01 Å². The van der Waals surface area contributed by atoms with Gasteiger partial charge in [0.05, 0.1) is 33.2 Å². The standard InChI is InChI=1S/C12H17ClN4S/c1-16-6-8-17(9-7-16)15-12(18)14-11-4-2-10(13)3-5-11/h2-5H,6-9H2,1H3,(H2,14,15,18)/p+1. The number of anilines is 1. The van der Waals surface area contributed by atoms with E-state index in [1.807, 2.05) is 24.3 Å². The smallest absolute Gasteiger partial charge is 0.185 e. The van der Waals surface area contributed by atoms with E-state index in [2.05, 4.69) is 22.8 Å². The summed E-state index contributed by atoms with van der Waals surface area (Å²) in [6, 6.07) is 7.49. The van der Waals surface area contributed by atoms with Crippen molar-refractivity contribution in [1.29, 1.82) is 0 Å². The minimum atomic E-state index is 0.622. The summed E-state index contributed by atoms with van der Waals surface area (Å²) in [7, 11) is 2.21.